The molecule has 0 amide bonds. The van der Waals surface area contributed by atoms with Crippen molar-refractivity contribution < 1.29 is 37.2 Å². The molecule has 64 heavy (non-hydrogen) atoms. The van der Waals surface area contributed by atoms with E-state index in [1.165, 1.54) is 0 Å². The topological polar surface area (TPSA) is 89.5 Å². The summed E-state index contributed by atoms with van der Waals surface area (Å²) in [6.45, 7) is 3.80. The summed E-state index contributed by atoms with van der Waals surface area (Å²) in [6, 6.07) is 55.5. The molecule has 0 bridgehead atoms. The molecule has 10 aromatic rings. The van der Waals surface area contributed by atoms with Crippen molar-refractivity contribution in [1.82, 2.24) is 0 Å². The van der Waals surface area contributed by atoms with Crippen molar-refractivity contribution in [1.29, 1.82) is 0 Å². The molecule has 8 nitrogen and oxygen atoms in total. The Balaban J connectivity index is 1.15. The second-order valence-electron chi connectivity index (χ2n) is 15.0. The minimum Gasteiger partial charge on any atom is -0.462 e. The van der Waals surface area contributed by atoms with E-state index in [2.05, 4.69) is 36.4 Å². The number of esters is 2. The van der Waals surface area contributed by atoms with Gasteiger partial charge in [-0.2, -0.15) is 0 Å². The molecule has 0 aliphatic rings. The lowest BCUT2D eigenvalue weighted by molar-refractivity contribution is 0.0514. The molecule has 10 rings (SSSR count). The first kappa shape index (κ1) is 40.8. The number of carbonyl (C=O) groups is 2. The van der Waals surface area contributed by atoms with Gasteiger partial charge in [0.25, 0.3) is 18.1 Å². The minimum atomic E-state index is -0.607. The fourth-order valence-corrected chi connectivity index (χ4v) is 9.70. The third-order valence-electron chi connectivity index (χ3n) is 11.3. The van der Waals surface area contributed by atoms with Crippen LogP contribution in [0.1, 0.15) is 34.6 Å². The molecule has 314 valence electrons. The van der Waals surface area contributed by atoms with Crippen molar-refractivity contribution in [3.05, 3.63) is 181 Å². The molecule has 2 unspecified atom stereocenters. The molecule has 0 fully saturated rings. The maximum atomic E-state index is 14.1. The Kier molecular flexibility index (Phi) is 11.4. The normalized spacial score (nSPS) is 11.7. The Labute approximate surface area is 372 Å². The van der Waals surface area contributed by atoms with Crippen molar-refractivity contribution in [3.8, 4) is 34.1 Å². The number of hydrogen-bond acceptors (Lipinski definition) is 8. The smallest absolute Gasteiger partial charge is 0.341 e. The maximum absolute atomic E-state index is 14.1. The molecule has 0 aromatic heterocycles. The van der Waals surface area contributed by atoms with Crippen LogP contribution in [-0.4, -0.2) is 25.2 Å². The standard InChI is InChI=1S/C54H40O8P2/c1-3-57-53(55)45-29-33-17-7-11-23-39(33)49(51(45)61-63-59-47-31-35-19-5-9-21-37(35)41-25-13-15-27-43(41)47)50-40-24-12-8-18-34(40)30-46(54(56)58-4-2)52(50)62-64-60-48-32-36-20-6-10-22-38(36)42-26-14-16-28-44(42)48/h5-32,63-64H,3-4H2,1-2H3. The van der Waals surface area contributed by atoms with E-state index in [9.17, 15) is 9.59 Å². The molecule has 0 aliphatic heterocycles. The monoisotopic (exact) mass is 878 g/mol. The maximum Gasteiger partial charge on any atom is 0.341 e. The Morgan fingerprint density at radius 1 is 0.375 bits per heavy atom. The number of fused-ring (bicyclic) bond motifs is 8. The van der Waals surface area contributed by atoms with E-state index in [0.717, 1.165) is 64.6 Å². The Morgan fingerprint density at radius 2 is 0.688 bits per heavy atom. The van der Waals surface area contributed by atoms with Gasteiger partial charge in [-0.25, -0.2) is 9.59 Å². The number of hydrogen-bond donors (Lipinski definition) is 0. The van der Waals surface area contributed by atoms with Gasteiger partial charge in [-0.15, -0.1) is 0 Å². The first-order valence-corrected chi connectivity index (χ1v) is 22.6. The summed E-state index contributed by atoms with van der Waals surface area (Å²) in [7, 11) is -1.21. The number of carbonyl (C=O) groups excluding carboxylic acids is 2. The molecule has 10 heteroatoms. The van der Waals surface area contributed by atoms with Gasteiger partial charge in [0.1, 0.15) is 34.1 Å². The van der Waals surface area contributed by atoms with Gasteiger partial charge in [0.2, 0.25) is 0 Å². The van der Waals surface area contributed by atoms with E-state index < -0.39 is 30.0 Å². The van der Waals surface area contributed by atoms with E-state index in [1.54, 1.807) is 26.0 Å². The van der Waals surface area contributed by atoms with Crippen LogP contribution in [0.15, 0.2) is 170 Å². The van der Waals surface area contributed by atoms with Gasteiger partial charge in [0.05, 0.1) is 13.2 Å². The minimum absolute atomic E-state index is 0.139. The van der Waals surface area contributed by atoms with Crippen LogP contribution < -0.4 is 18.1 Å². The molecule has 0 N–H and O–H groups in total. The van der Waals surface area contributed by atoms with Crippen molar-refractivity contribution in [2.24, 2.45) is 0 Å². The van der Waals surface area contributed by atoms with Gasteiger partial charge in [0, 0.05) is 21.9 Å². The summed E-state index contributed by atoms with van der Waals surface area (Å²) in [5, 5.41) is 11.2. The quantitative estimate of drug-likeness (QED) is 0.0643. The van der Waals surface area contributed by atoms with E-state index in [0.29, 0.717) is 22.6 Å². The average molecular weight is 879 g/mol. The largest absolute Gasteiger partial charge is 0.462 e. The predicted molar refractivity (Wildman–Crippen MR) is 261 cm³/mol. The summed E-state index contributed by atoms with van der Waals surface area (Å²) in [6.07, 6.45) is 0. The van der Waals surface area contributed by atoms with Crippen molar-refractivity contribution in [2.45, 2.75) is 13.8 Å². The van der Waals surface area contributed by atoms with Gasteiger partial charge in [-0.3, -0.25) is 0 Å². The summed E-state index contributed by atoms with van der Waals surface area (Å²) in [4.78, 5) is 28.2. The van der Waals surface area contributed by atoms with Crippen LogP contribution in [0.5, 0.6) is 23.0 Å². The Bertz CT molecular complexity index is 3210. The fourth-order valence-electron chi connectivity index (χ4n) is 8.51. The first-order chi connectivity index (χ1) is 31.5. The van der Waals surface area contributed by atoms with Crippen LogP contribution in [0.4, 0.5) is 0 Å². The molecule has 0 saturated carbocycles. The number of ether oxygens (including phenoxy) is 2. The van der Waals surface area contributed by atoms with Gasteiger partial charge >= 0.3 is 11.9 Å². The van der Waals surface area contributed by atoms with Crippen LogP contribution in [0.25, 0.3) is 75.8 Å². The molecular formula is C54H40O8P2. The van der Waals surface area contributed by atoms with E-state index in [-0.39, 0.29) is 35.8 Å². The Morgan fingerprint density at radius 3 is 1.06 bits per heavy atom. The number of rotatable bonds is 13. The summed E-state index contributed by atoms with van der Waals surface area (Å²) < 4.78 is 38.0. The molecule has 0 heterocycles. The molecule has 2 atom stereocenters. The van der Waals surface area contributed by atoms with Crippen LogP contribution in [0.2, 0.25) is 0 Å². The SMILES string of the molecule is CCOC(=O)c1cc2ccccc2c(-c2c(OPOc3cc4ccccc4c4ccccc34)c(C(=O)OCC)cc3ccccc23)c1OPOc1cc2ccccc2c2ccccc12. The van der Waals surface area contributed by atoms with Crippen LogP contribution in [-0.2, 0) is 9.47 Å². The summed E-state index contributed by atoms with van der Waals surface area (Å²) in [5.74, 6) is 0.527. The second-order valence-corrected chi connectivity index (χ2v) is 16.1. The molecule has 0 saturated heterocycles. The molecular weight excluding hydrogens is 839 g/mol. The first-order valence-electron chi connectivity index (χ1n) is 21.0. The average Bonchev–Trinajstić information content (AvgIpc) is 3.33. The zero-order valence-corrected chi connectivity index (χ0v) is 36.8. The highest BCUT2D eigenvalue weighted by Gasteiger charge is 2.30. The molecule has 0 radical (unpaired) electrons. The Hall–Kier alpha value is -7.24. The second kappa shape index (κ2) is 17.9. The highest BCUT2D eigenvalue weighted by molar-refractivity contribution is 7.27. The van der Waals surface area contributed by atoms with Gasteiger partial charge < -0.3 is 27.6 Å². The van der Waals surface area contributed by atoms with Gasteiger partial charge in [-0.1, -0.05) is 146 Å². The zero-order chi connectivity index (χ0) is 43.6. The van der Waals surface area contributed by atoms with Crippen molar-refractivity contribution in [3.63, 3.8) is 0 Å². The molecule has 0 spiro atoms. The third-order valence-corrected chi connectivity index (χ3v) is 12.5. The van der Waals surface area contributed by atoms with E-state index >= 15 is 0 Å². The van der Waals surface area contributed by atoms with E-state index in [1.807, 2.05) is 121 Å². The van der Waals surface area contributed by atoms with Crippen LogP contribution in [0, 0.1) is 0 Å². The van der Waals surface area contributed by atoms with Crippen LogP contribution in [0.3, 0.4) is 0 Å². The molecule has 0 aliphatic carbocycles. The van der Waals surface area contributed by atoms with Gasteiger partial charge in [-0.05, 0) is 92.0 Å². The lowest BCUT2D eigenvalue weighted by Gasteiger charge is -2.23. The highest BCUT2D eigenvalue weighted by Crippen LogP contribution is 2.52. The fraction of sp³-hybridized carbons (Fsp3) is 0.0741. The van der Waals surface area contributed by atoms with Crippen LogP contribution >= 0.6 is 18.1 Å². The number of benzene rings is 10. The van der Waals surface area contributed by atoms with Gasteiger partial charge in [0.15, 0.2) is 0 Å². The summed E-state index contributed by atoms with van der Waals surface area (Å²) >= 11 is 0. The highest BCUT2D eigenvalue weighted by atomic mass is 31.1. The lowest BCUT2D eigenvalue weighted by Crippen LogP contribution is -2.10. The lowest BCUT2D eigenvalue weighted by atomic mass is 9.89. The van der Waals surface area contributed by atoms with Crippen molar-refractivity contribution in [2.75, 3.05) is 13.2 Å². The predicted octanol–water partition coefficient (Wildman–Crippen LogP) is 14.6. The molecule has 10 aromatic carbocycles. The third kappa shape index (κ3) is 7.55. The zero-order valence-electron chi connectivity index (χ0n) is 34.8. The van der Waals surface area contributed by atoms with Crippen molar-refractivity contribution >= 4 is 94.6 Å². The summed E-state index contributed by atoms with van der Waals surface area (Å²) in [5.41, 5.74) is 1.40. The van der Waals surface area contributed by atoms with E-state index in [4.69, 9.17) is 27.6 Å².